The highest BCUT2D eigenvalue weighted by Gasteiger charge is 2.14. The van der Waals surface area contributed by atoms with Gasteiger partial charge in [0, 0.05) is 11.8 Å². The zero-order valence-corrected chi connectivity index (χ0v) is 12.5. The van der Waals surface area contributed by atoms with Crippen LogP contribution in [0.2, 0.25) is 0 Å². The molecule has 0 saturated carbocycles. The van der Waals surface area contributed by atoms with Crippen LogP contribution in [-0.2, 0) is 6.42 Å². The smallest absolute Gasteiger partial charge is 0.261 e. The van der Waals surface area contributed by atoms with Crippen molar-refractivity contribution in [2.75, 3.05) is 5.32 Å². The number of hydrogen-bond donors (Lipinski definition) is 2. The van der Waals surface area contributed by atoms with Crippen LogP contribution in [0.5, 0.6) is 0 Å². The molecule has 1 amide bonds. The predicted octanol–water partition coefficient (Wildman–Crippen LogP) is 3.61. The highest BCUT2D eigenvalue weighted by atomic mass is 79.9. The van der Waals surface area contributed by atoms with Crippen molar-refractivity contribution in [2.45, 2.75) is 26.7 Å². The lowest BCUT2D eigenvalue weighted by Gasteiger charge is -2.01. The summed E-state index contributed by atoms with van der Waals surface area (Å²) in [6.07, 6.45) is 3.47. The number of carbonyl (C=O) groups is 1. The number of hydrogen-bond acceptors (Lipinski definition) is 3. The van der Waals surface area contributed by atoms with Crippen molar-refractivity contribution in [1.82, 2.24) is 10.2 Å². The molecule has 0 aliphatic carbocycles. The average Bonchev–Trinajstić information content (AvgIpc) is 2.95. The summed E-state index contributed by atoms with van der Waals surface area (Å²) >= 11 is 3.17. The quantitative estimate of drug-likeness (QED) is 0.882. The number of carbonyl (C=O) groups excluding carboxylic acids is 1. The average molecular weight is 326 g/mol. The number of aryl methyl sites for hydroxylation is 1. The van der Waals surface area contributed by atoms with Crippen molar-refractivity contribution in [3.05, 3.63) is 34.3 Å². The Hall–Kier alpha value is -1.56. The molecule has 0 aliphatic rings. The lowest BCUT2D eigenvalue weighted by molar-refractivity contribution is 0.102. The van der Waals surface area contributed by atoms with E-state index in [1.54, 1.807) is 6.07 Å². The Morgan fingerprint density at radius 1 is 1.58 bits per heavy atom. The van der Waals surface area contributed by atoms with Crippen LogP contribution in [0.25, 0.3) is 0 Å². The number of amides is 1. The second kappa shape index (κ2) is 6.06. The van der Waals surface area contributed by atoms with Crippen molar-refractivity contribution in [3.63, 3.8) is 0 Å². The van der Waals surface area contributed by atoms with Crippen molar-refractivity contribution >= 4 is 27.7 Å². The Morgan fingerprint density at radius 2 is 2.37 bits per heavy atom. The molecular formula is C13H16BrN3O2. The first kappa shape index (κ1) is 13.9. The summed E-state index contributed by atoms with van der Waals surface area (Å²) in [5.41, 5.74) is 1.47. The molecule has 5 nitrogen and oxygen atoms in total. The molecule has 2 aromatic rings. The van der Waals surface area contributed by atoms with Crippen LogP contribution >= 0.6 is 15.9 Å². The molecule has 2 aromatic heterocycles. The summed E-state index contributed by atoms with van der Waals surface area (Å²) in [7, 11) is 0. The molecule has 0 unspecified atom stereocenters. The molecule has 0 bridgehead atoms. The number of nitrogens with zero attached hydrogens (tertiary/aromatic N) is 1. The maximum absolute atomic E-state index is 11.9. The summed E-state index contributed by atoms with van der Waals surface area (Å²) in [6, 6.07) is 3.46. The SMILES string of the molecule is CC(C)CCc1cc(NC(=O)c2ccoc2Br)n[nH]1. The zero-order valence-electron chi connectivity index (χ0n) is 10.9. The minimum Gasteiger partial charge on any atom is -0.457 e. The van der Waals surface area contributed by atoms with Crippen molar-refractivity contribution in [2.24, 2.45) is 5.92 Å². The Balaban J connectivity index is 1.96. The highest BCUT2D eigenvalue weighted by Crippen LogP contribution is 2.19. The molecule has 0 aromatic carbocycles. The van der Waals surface area contributed by atoms with Gasteiger partial charge in [0.25, 0.3) is 5.91 Å². The van der Waals surface area contributed by atoms with Gasteiger partial charge in [-0.3, -0.25) is 9.89 Å². The molecule has 0 spiro atoms. The number of H-pyrrole nitrogens is 1. The number of rotatable bonds is 5. The molecule has 0 aliphatic heterocycles. The van der Waals surface area contributed by atoms with Gasteiger partial charge in [-0.1, -0.05) is 13.8 Å². The Labute approximate surface area is 119 Å². The van der Waals surface area contributed by atoms with E-state index in [0.29, 0.717) is 22.0 Å². The molecule has 0 saturated heterocycles. The third-order valence-electron chi connectivity index (χ3n) is 2.73. The Bertz CT molecular complexity index is 560. The van der Waals surface area contributed by atoms with Gasteiger partial charge in [-0.05, 0) is 40.8 Å². The molecule has 0 atom stereocenters. The van der Waals surface area contributed by atoms with Crippen LogP contribution in [0.3, 0.4) is 0 Å². The predicted molar refractivity (Wildman–Crippen MR) is 76.1 cm³/mol. The fraction of sp³-hybridized carbons (Fsp3) is 0.385. The third-order valence-corrected chi connectivity index (χ3v) is 3.34. The van der Waals surface area contributed by atoms with Gasteiger partial charge in [0.2, 0.25) is 0 Å². The van der Waals surface area contributed by atoms with Crippen LogP contribution in [-0.4, -0.2) is 16.1 Å². The standard InChI is InChI=1S/C13H16BrN3O2/c1-8(2)3-4-9-7-11(17-16-9)15-13(18)10-5-6-19-12(10)14/h5-8H,3-4H2,1-2H3,(H2,15,16,17,18). The fourth-order valence-corrected chi connectivity index (χ4v) is 2.06. The van der Waals surface area contributed by atoms with Gasteiger partial charge in [0.15, 0.2) is 10.5 Å². The molecule has 0 radical (unpaired) electrons. The number of aromatic amines is 1. The van der Waals surface area contributed by atoms with Crippen molar-refractivity contribution in [3.8, 4) is 0 Å². The summed E-state index contributed by atoms with van der Waals surface area (Å²) in [5, 5.41) is 9.72. The van der Waals surface area contributed by atoms with E-state index in [1.807, 2.05) is 6.07 Å². The van der Waals surface area contributed by atoms with Gasteiger partial charge in [-0.2, -0.15) is 5.10 Å². The first-order chi connectivity index (χ1) is 9.06. The van der Waals surface area contributed by atoms with E-state index in [2.05, 4.69) is 45.3 Å². The maximum atomic E-state index is 11.9. The van der Waals surface area contributed by atoms with Gasteiger partial charge < -0.3 is 9.73 Å². The van der Waals surface area contributed by atoms with Crippen molar-refractivity contribution in [1.29, 1.82) is 0 Å². The third kappa shape index (κ3) is 3.70. The normalized spacial score (nSPS) is 10.9. The van der Waals surface area contributed by atoms with Gasteiger partial charge in [-0.15, -0.1) is 0 Å². The minimum atomic E-state index is -0.248. The Kier molecular flexibility index (Phi) is 4.42. The molecule has 6 heteroatoms. The highest BCUT2D eigenvalue weighted by molar-refractivity contribution is 9.10. The van der Waals surface area contributed by atoms with Crippen molar-refractivity contribution < 1.29 is 9.21 Å². The van der Waals surface area contributed by atoms with Crippen LogP contribution in [0.15, 0.2) is 27.5 Å². The number of nitrogens with one attached hydrogen (secondary N) is 2. The van der Waals surface area contributed by atoms with E-state index in [0.717, 1.165) is 18.5 Å². The summed E-state index contributed by atoms with van der Waals surface area (Å²) in [4.78, 5) is 11.9. The lowest BCUT2D eigenvalue weighted by Crippen LogP contribution is -2.11. The number of halogens is 1. The molecular weight excluding hydrogens is 310 g/mol. The molecule has 0 fully saturated rings. The monoisotopic (exact) mass is 325 g/mol. The van der Waals surface area contributed by atoms with E-state index in [1.165, 1.54) is 6.26 Å². The first-order valence-corrected chi connectivity index (χ1v) is 6.94. The molecule has 19 heavy (non-hydrogen) atoms. The topological polar surface area (TPSA) is 70.9 Å². The number of aromatic nitrogens is 2. The second-order valence-corrected chi connectivity index (χ2v) is 5.49. The van der Waals surface area contributed by atoms with E-state index >= 15 is 0 Å². The first-order valence-electron chi connectivity index (χ1n) is 6.15. The fourth-order valence-electron chi connectivity index (χ4n) is 1.64. The van der Waals surface area contributed by atoms with Crippen LogP contribution in [0.4, 0.5) is 5.82 Å². The van der Waals surface area contributed by atoms with Gasteiger partial charge >= 0.3 is 0 Å². The summed E-state index contributed by atoms with van der Waals surface area (Å²) in [5.74, 6) is 0.919. The summed E-state index contributed by atoms with van der Waals surface area (Å²) in [6.45, 7) is 4.35. The second-order valence-electron chi connectivity index (χ2n) is 4.77. The minimum absolute atomic E-state index is 0.248. The molecule has 102 valence electrons. The van der Waals surface area contributed by atoms with Gasteiger partial charge in [0.05, 0.1) is 11.8 Å². The molecule has 2 heterocycles. The van der Waals surface area contributed by atoms with E-state index in [-0.39, 0.29) is 5.91 Å². The number of furan rings is 1. The van der Waals surface area contributed by atoms with Crippen LogP contribution in [0.1, 0.15) is 36.3 Å². The van der Waals surface area contributed by atoms with Gasteiger partial charge in [0.1, 0.15) is 0 Å². The van der Waals surface area contributed by atoms with Crippen LogP contribution < -0.4 is 5.32 Å². The van der Waals surface area contributed by atoms with E-state index in [9.17, 15) is 4.79 Å². The maximum Gasteiger partial charge on any atom is 0.261 e. The molecule has 2 rings (SSSR count). The summed E-state index contributed by atoms with van der Waals surface area (Å²) < 4.78 is 5.44. The van der Waals surface area contributed by atoms with Gasteiger partial charge in [-0.25, -0.2) is 0 Å². The molecule has 2 N–H and O–H groups in total. The largest absolute Gasteiger partial charge is 0.457 e. The lowest BCUT2D eigenvalue weighted by atomic mass is 10.1. The van der Waals surface area contributed by atoms with Crippen LogP contribution in [0, 0.1) is 5.92 Å². The number of anilines is 1. The van der Waals surface area contributed by atoms with E-state index < -0.39 is 0 Å². The zero-order chi connectivity index (χ0) is 13.8. The van der Waals surface area contributed by atoms with E-state index in [4.69, 9.17) is 4.42 Å². The Morgan fingerprint density at radius 3 is 3.00 bits per heavy atom.